The minimum Gasteiger partial charge on any atom is -0.352 e. The molecule has 2 N–H and O–H groups in total. The van der Waals surface area contributed by atoms with Gasteiger partial charge in [-0.3, -0.25) is 19.0 Å². The summed E-state index contributed by atoms with van der Waals surface area (Å²) in [5.74, 6) is -0.225. The first-order valence-corrected chi connectivity index (χ1v) is 8.72. The standard InChI is InChI=1S/C17H18N4O3S/c1-10-7-11(2)20-15(23)13(10)8-18-14(22)3-5-21-9-19-16-12(17(21)24)4-6-25-16/h4,6-7,9H,3,5,8H2,1-2H3,(H,18,22)(H,20,23). The fourth-order valence-electron chi connectivity index (χ4n) is 2.65. The number of carbonyl (C=O) groups excluding carboxylic acids is 1. The number of H-pyrrole nitrogens is 1. The van der Waals surface area contributed by atoms with Crippen LogP contribution in [0.15, 0.2) is 33.4 Å². The van der Waals surface area contributed by atoms with Crippen LogP contribution in [0.5, 0.6) is 0 Å². The van der Waals surface area contributed by atoms with Crippen molar-refractivity contribution in [3.05, 3.63) is 61.4 Å². The van der Waals surface area contributed by atoms with Crippen molar-refractivity contribution in [1.82, 2.24) is 19.9 Å². The molecule has 25 heavy (non-hydrogen) atoms. The number of carbonyl (C=O) groups is 1. The molecule has 3 heterocycles. The van der Waals surface area contributed by atoms with Crippen LogP contribution in [-0.2, 0) is 17.9 Å². The smallest absolute Gasteiger partial charge is 0.262 e. The largest absolute Gasteiger partial charge is 0.352 e. The molecule has 0 bridgehead atoms. The molecule has 0 fully saturated rings. The Bertz CT molecular complexity index is 1050. The van der Waals surface area contributed by atoms with Gasteiger partial charge in [0.15, 0.2) is 0 Å². The zero-order valence-corrected chi connectivity index (χ0v) is 14.8. The van der Waals surface area contributed by atoms with E-state index in [1.807, 2.05) is 25.3 Å². The number of thiophene rings is 1. The number of nitrogens with one attached hydrogen (secondary N) is 2. The fourth-order valence-corrected chi connectivity index (χ4v) is 3.37. The van der Waals surface area contributed by atoms with E-state index < -0.39 is 0 Å². The monoisotopic (exact) mass is 358 g/mol. The molecule has 0 aliphatic rings. The van der Waals surface area contributed by atoms with Crippen LogP contribution >= 0.6 is 11.3 Å². The Labute approximate surface area is 147 Å². The quantitative estimate of drug-likeness (QED) is 0.722. The van der Waals surface area contributed by atoms with Crippen molar-refractivity contribution in [2.45, 2.75) is 33.4 Å². The zero-order valence-electron chi connectivity index (χ0n) is 14.0. The lowest BCUT2D eigenvalue weighted by atomic mass is 10.1. The van der Waals surface area contributed by atoms with E-state index in [1.165, 1.54) is 22.2 Å². The number of hydrogen-bond acceptors (Lipinski definition) is 5. The van der Waals surface area contributed by atoms with E-state index in [9.17, 15) is 14.4 Å². The first-order valence-electron chi connectivity index (χ1n) is 7.84. The van der Waals surface area contributed by atoms with Crippen LogP contribution in [0.25, 0.3) is 10.2 Å². The molecule has 0 radical (unpaired) electrons. The summed E-state index contributed by atoms with van der Waals surface area (Å²) < 4.78 is 1.43. The van der Waals surface area contributed by atoms with Gasteiger partial charge in [-0.15, -0.1) is 11.3 Å². The fraction of sp³-hybridized carbons (Fsp3) is 0.294. The first-order chi connectivity index (χ1) is 12.0. The third kappa shape index (κ3) is 3.69. The predicted octanol–water partition coefficient (Wildman–Crippen LogP) is 1.47. The topological polar surface area (TPSA) is 96.8 Å². The highest BCUT2D eigenvalue weighted by atomic mass is 32.1. The number of hydrogen-bond donors (Lipinski definition) is 2. The molecule has 3 rings (SSSR count). The van der Waals surface area contributed by atoms with E-state index >= 15 is 0 Å². The Morgan fingerprint density at radius 3 is 2.92 bits per heavy atom. The van der Waals surface area contributed by atoms with Gasteiger partial charge >= 0.3 is 0 Å². The van der Waals surface area contributed by atoms with Crippen LogP contribution in [0, 0.1) is 13.8 Å². The van der Waals surface area contributed by atoms with Gasteiger partial charge in [0.1, 0.15) is 4.83 Å². The molecule has 8 heteroatoms. The van der Waals surface area contributed by atoms with Gasteiger partial charge in [0.05, 0.1) is 11.7 Å². The molecule has 0 aromatic carbocycles. The highest BCUT2D eigenvalue weighted by molar-refractivity contribution is 7.16. The SMILES string of the molecule is Cc1cc(C)c(CNC(=O)CCn2cnc3sccc3c2=O)c(=O)[nH]1. The number of aromatic nitrogens is 3. The molecule has 0 spiro atoms. The highest BCUT2D eigenvalue weighted by Crippen LogP contribution is 2.13. The molecular weight excluding hydrogens is 340 g/mol. The molecule has 0 saturated carbocycles. The lowest BCUT2D eigenvalue weighted by Crippen LogP contribution is -2.30. The van der Waals surface area contributed by atoms with Crippen LogP contribution < -0.4 is 16.4 Å². The van der Waals surface area contributed by atoms with Gasteiger partial charge in [0, 0.05) is 30.8 Å². The van der Waals surface area contributed by atoms with E-state index in [0.29, 0.717) is 15.8 Å². The second-order valence-electron chi connectivity index (χ2n) is 5.85. The minimum atomic E-state index is -0.225. The van der Waals surface area contributed by atoms with Crippen LogP contribution in [0.2, 0.25) is 0 Å². The van der Waals surface area contributed by atoms with E-state index in [2.05, 4.69) is 15.3 Å². The van der Waals surface area contributed by atoms with E-state index in [1.54, 1.807) is 6.07 Å². The van der Waals surface area contributed by atoms with Crippen LogP contribution in [0.1, 0.15) is 23.2 Å². The molecule has 7 nitrogen and oxygen atoms in total. The van der Waals surface area contributed by atoms with Gasteiger partial charge in [0.25, 0.3) is 11.1 Å². The molecule has 3 aromatic rings. The number of pyridine rings is 1. The lowest BCUT2D eigenvalue weighted by molar-refractivity contribution is -0.121. The summed E-state index contributed by atoms with van der Waals surface area (Å²) in [6.45, 7) is 4.06. The lowest BCUT2D eigenvalue weighted by Gasteiger charge is -2.09. The molecule has 1 amide bonds. The molecule has 0 aliphatic carbocycles. The third-order valence-corrected chi connectivity index (χ3v) is 4.81. The average molecular weight is 358 g/mol. The second kappa shape index (κ2) is 7.02. The number of aryl methyl sites for hydroxylation is 3. The minimum absolute atomic E-state index is 0.139. The first kappa shape index (κ1) is 17.1. The summed E-state index contributed by atoms with van der Waals surface area (Å²) in [6, 6.07) is 3.60. The van der Waals surface area contributed by atoms with Gasteiger partial charge in [-0.05, 0) is 36.9 Å². The van der Waals surface area contributed by atoms with Crippen molar-refractivity contribution in [2.75, 3.05) is 0 Å². The molecule has 0 unspecified atom stereocenters. The van der Waals surface area contributed by atoms with Crippen molar-refractivity contribution >= 4 is 27.5 Å². The van der Waals surface area contributed by atoms with Crippen molar-refractivity contribution in [3.63, 3.8) is 0 Å². The molecule has 3 aromatic heterocycles. The van der Waals surface area contributed by atoms with Crippen molar-refractivity contribution in [2.24, 2.45) is 0 Å². The number of amides is 1. The average Bonchev–Trinajstić information content (AvgIpc) is 3.02. The van der Waals surface area contributed by atoms with Gasteiger partial charge in [-0.2, -0.15) is 0 Å². The maximum atomic E-state index is 12.3. The maximum Gasteiger partial charge on any atom is 0.262 e. The van der Waals surface area contributed by atoms with Gasteiger partial charge in [-0.1, -0.05) is 0 Å². The summed E-state index contributed by atoms with van der Waals surface area (Å²) >= 11 is 1.41. The normalized spacial score (nSPS) is 11.0. The van der Waals surface area contributed by atoms with Gasteiger partial charge in [-0.25, -0.2) is 4.98 Å². The summed E-state index contributed by atoms with van der Waals surface area (Å²) in [5, 5.41) is 5.11. The Balaban J connectivity index is 1.62. The number of nitrogens with zero attached hydrogens (tertiary/aromatic N) is 2. The number of rotatable bonds is 5. The Morgan fingerprint density at radius 1 is 1.36 bits per heavy atom. The highest BCUT2D eigenvalue weighted by Gasteiger charge is 2.09. The molecule has 0 saturated heterocycles. The van der Waals surface area contributed by atoms with Crippen molar-refractivity contribution in [1.29, 1.82) is 0 Å². The molecular formula is C17H18N4O3S. The summed E-state index contributed by atoms with van der Waals surface area (Å²) in [5.41, 5.74) is 1.82. The zero-order chi connectivity index (χ0) is 18.0. The number of aromatic amines is 1. The number of fused-ring (bicyclic) bond motifs is 1. The Kier molecular flexibility index (Phi) is 4.80. The van der Waals surface area contributed by atoms with Gasteiger partial charge in [0.2, 0.25) is 5.91 Å². The predicted molar refractivity (Wildman–Crippen MR) is 96.9 cm³/mol. The van der Waals surface area contributed by atoms with Gasteiger partial charge < -0.3 is 10.3 Å². The summed E-state index contributed by atoms with van der Waals surface area (Å²) in [7, 11) is 0. The molecule has 0 aliphatic heterocycles. The summed E-state index contributed by atoms with van der Waals surface area (Å²) in [6.07, 6.45) is 1.60. The summed E-state index contributed by atoms with van der Waals surface area (Å²) in [4.78, 5) is 43.9. The van der Waals surface area contributed by atoms with Crippen molar-refractivity contribution in [3.8, 4) is 0 Å². The third-order valence-electron chi connectivity index (χ3n) is 3.99. The van der Waals surface area contributed by atoms with Crippen LogP contribution in [0.4, 0.5) is 0 Å². The van der Waals surface area contributed by atoms with Crippen LogP contribution in [-0.4, -0.2) is 20.4 Å². The Hall–Kier alpha value is -2.74. The maximum absolute atomic E-state index is 12.3. The van der Waals surface area contributed by atoms with Crippen LogP contribution in [0.3, 0.4) is 0 Å². The van der Waals surface area contributed by atoms with Crippen molar-refractivity contribution < 1.29 is 4.79 Å². The molecule has 0 atom stereocenters. The van der Waals surface area contributed by atoms with E-state index in [0.717, 1.165) is 11.3 Å². The second-order valence-corrected chi connectivity index (χ2v) is 6.75. The molecule has 130 valence electrons. The Morgan fingerprint density at radius 2 is 2.16 bits per heavy atom. The van der Waals surface area contributed by atoms with E-state index in [4.69, 9.17) is 0 Å². The van der Waals surface area contributed by atoms with E-state index in [-0.39, 0.29) is 36.5 Å².